The summed E-state index contributed by atoms with van der Waals surface area (Å²) in [6, 6.07) is 7.96. The number of amides is 1. The lowest BCUT2D eigenvalue weighted by Crippen LogP contribution is -2.41. The van der Waals surface area contributed by atoms with E-state index in [2.05, 4.69) is 39.0 Å². The largest absolute Gasteiger partial charge is 0.417 e. The molecule has 0 aliphatic carbocycles. The number of para-hydroxylation sites is 1. The monoisotopic (exact) mass is 347 g/mol. The second kappa shape index (κ2) is 7.07. The number of aryl methyl sites for hydroxylation is 1. The van der Waals surface area contributed by atoms with Crippen molar-refractivity contribution < 1.29 is 9.22 Å². The smallest absolute Gasteiger partial charge is 0.223 e. The van der Waals surface area contributed by atoms with Crippen molar-refractivity contribution in [2.45, 2.75) is 58.3 Å². The van der Waals surface area contributed by atoms with Gasteiger partial charge in [0.05, 0.1) is 17.6 Å². The second-order valence-corrected chi connectivity index (χ2v) is 12.6. The number of carbonyl (C=O) groups excluding carboxylic acids is 1. The summed E-state index contributed by atoms with van der Waals surface area (Å²) < 4.78 is 8.18. The van der Waals surface area contributed by atoms with Gasteiger partial charge in [-0.1, -0.05) is 39.0 Å². The molecule has 1 aromatic heterocycles. The molecule has 1 heterocycles. The van der Waals surface area contributed by atoms with E-state index in [1.807, 2.05) is 28.9 Å². The van der Waals surface area contributed by atoms with Crippen LogP contribution < -0.4 is 5.73 Å². The van der Waals surface area contributed by atoms with Crippen LogP contribution in [-0.2, 0) is 22.2 Å². The van der Waals surface area contributed by atoms with Crippen molar-refractivity contribution in [3.8, 4) is 0 Å². The Bertz CT molecular complexity index is 717. The molecule has 0 radical (unpaired) electrons. The zero-order chi connectivity index (χ0) is 18.0. The number of hydrogen-bond donors (Lipinski definition) is 1. The fraction of sp³-hybridized carbons (Fsp3) is 0.556. The van der Waals surface area contributed by atoms with E-state index in [4.69, 9.17) is 10.2 Å². The van der Waals surface area contributed by atoms with E-state index in [-0.39, 0.29) is 17.4 Å². The fourth-order valence-corrected chi connectivity index (χ4v) is 3.51. The number of benzene rings is 1. The van der Waals surface area contributed by atoms with Crippen LogP contribution in [0.4, 0.5) is 0 Å². The molecule has 0 fully saturated rings. The van der Waals surface area contributed by atoms with Crippen molar-refractivity contribution in [3.05, 3.63) is 30.0 Å². The summed E-state index contributed by atoms with van der Waals surface area (Å²) in [5.41, 5.74) is 7.13. The molecule has 0 unspecified atom stereocenters. The number of primary amides is 1. The molecule has 2 N–H and O–H groups in total. The number of nitrogens with zero attached hydrogens (tertiary/aromatic N) is 2. The van der Waals surface area contributed by atoms with Crippen LogP contribution in [0.25, 0.3) is 10.9 Å². The van der Waals surface area contributed by atoms with Crippen LogP contribution in [0, 0.1) is 0 Å². The Hall–Kier alpha value is -1.66. The Balaban J connectivity index is 2.04. The summed E-state index contributed by atoms with van der Waals surface area (Å²) in [5.74, 6) is -0.355. The molecule has 0 spiro atoms. The third kappa shape index (κ3) is 4.24. The van der Waals surface area contributed by atoms with Gasteiger partial charge in [-0.3, -0.25) is 9.48 Å². The summed E-state index contributed by atoms with van der Waals surface area (Å²) in [6.07, 6.45) is 1.07. The highest BCUT2D eigenvalue weighted by atomic mass is 28.4. The first-order valence-electron chi connectivity index (χ1n) is 8.48. The summed E-state index contributed by atoms with van der Waals surface area (Å²) in [6.45, 7) is 12.8. The molecule has 1 amide bonds. The molecule has 0 aliphatic rings. The highest BCUT2D eigenvalue weighted by Gasteiger charge is 2.36. The molecular formula is C18H29N3O2Si. The Labute approximate surface area is 145 Å². The average molecular weight is 348 g/mol. The van der Waals surface area contributed by atoms with Crippen molar-refractivity contribution >= 4 is 25.1 Å². The van der Waals surface area contributed by atoms with Gasteiger partial charge in [-0.15, -0.1) is 0 Å². The molecule has 5 nitrogen and oxygen atoms in total. The van der Waals surface area contributed by atoms with E-state index in [1.54, 1.807) is 0 Å². The minimum Gasteiger partial charge on any atom is -0.417 e. The van der Waals surface area contributed by atoms with Crippen molar-refractivity contribution in [1.29, 1.82) is 0 Å². The van der Waals surface area contributed by atoms with Crippen LogP contribution in [0.5, 0.6) is 0 Å². The first kappa shape index (κ1) is 18.7. The topological polar surface area (TPSA) is 70.1 Å². The van der Waals surface area contributed by atoms with E-state index in [1.165, 1.54) is 0 Å². The van der Waals surface area contributed by atoms with Gasteiger partial charge in [0.25, 0.3) is 0 Å². The van der Waals surface area contributed by atoms with Gasteiger partial charge in [0.15, 0.2) is 8.32 Å². The van der Waals surface area contributed by atoms with Gasteiger partial charge in [0.2, 0.25) is 5.91 Å². The number of hydrogen-bond acceptors (Lipinski definition) is 3. The first-order valence-corrected chi connectivity index (χ1v) is 11.4. The summed E-state index contributed by atoms with van der Waals surface area (Å²) in [5, 5.41) is 5.81. The van der Waals surface area contributed by atoms with E-state index in [9.17, 15) is 4.79 Å². The molecule has 132 valence electrons. The van der Waals surface area contributed by atoms with E-state index >= 15 is 0 Å². The zero-order valence-electron chi connectivity index (χ0n) is 15.4. The third-order valence-electron chi connectivity index (χ3n) is 4.86. The fourth-order valence-electron chi connectivity index (χ4n) is 2.42. The Morgan fingerprint density at radius 3 is 2.58 bits per heavy atom. The molecular weight excluding hydrogens is 318 g/mol. The van der Waals surface area contributed by atoms with Crippen LogP contribution in [0.2, 0.25) is 18.1 Å². The van der Waals surface area contributed by atoms with E-state index in [0.717, 1.165) is 36.2 Å². The molecule has 0 saturated heterocycles. The Kier molecular flexibility index (Phi) is 5.50. The summed E-state index contributed by atoms with van der Waals surface area (Å²) in [7, 11) is -1.70. The van der Waals surface area contributed by atoms with Gasteiger partial charge in [-0.25, -0.2) is 0 Å². The molecule has 2 rings (SSSR count). The maximum absolute atomic E-state index is 11.2. The number of aromatic nitrogens is 2. The van der Waals surface area contributed by atoms with Gasteiger partial charge in [-0.05, 0) is 30.6 Å². The molecule has 1 aromatic carbocycles. The van der Waals surface area contributed by atoms with E-state index in [0.29, 0.717) is 0 Å². The van der Waals surface area contributed by atoms with Gasteiger partial charge in [-0.2, -0.15) is 5.10 Å². The van der Waals surface area contributed by atoms with Crippen LogP contribution in [0.1, 0.15) is 32.9 Å². The second-order valence-electron chi connectivity index (χ2n) is 7.79. The molecule has 24 heavy (non-hydrogen) atoms. The summed E-state index contributed by atoms with van der Waals surface area (Å²) >= 11 is 0. The lowest BCUT2D eigenvalue weighted by molar-refractivity contribution is -0.117. The van der Waals surface area contributed by atoms with Gasteiger partial charge < -0.3 is 10.2 Å². The normalized spacial score (nSPS) is 12.7. The van der Waals surface area contributed by atoms with Crippen LogP contribution in [0.3, 0.4) is 0 Å². The van der Waals surface area contributed by atoms with Gasteiger partial charge in [0, 0.05) is 18.5 Å². The predicted molar refractivity (Wildman–Crippen MR) is 100 cm³/mol. The Morgan fingerprint density at radius 2 is 1.96 bits per heavy atom. The average Bonchev–Trinajstić information content (AvgIpc) is 2.80. The first-order chi connectivity index (χ1) is 11.1. The van der Waals surface area contributed by atoms with Crippen molar-refractivity contribution in [3.63, 3.8) is 0 Å². The lowest BCUT2D eigenvalue weighted by atomic mass is 10.1. The van der Waals surface area contributed by atoms with Crippen LogP contribution >= 0.6 is 0 Å². The zero-order valence-corrected chi connectivity index (χ0v) is 16.4. The molecule has 0 atom stereocenters. The number of rotatable bonds is 7. The molecule has 2 aromatic rings. The highest BCUT2D eigenvalue weighted by molar-refractivity contribution is 6.74. The van der Waals surface area contributed by atoms with Crippen LogP contribution in [0.15, 0.2) is 24.3 Å². The third-order valence-corrected chi connectivity index (χ3v) is 9.40. The SMILES string of the molecule is CC(C)(C)[Si](C)(C)OCCCn1nc(CC(N)=O)c2ccccc21. The van der Waals surface area contributed by atoms with E-state index < -0.39 is 8.32 Å². The number of fused-ring (bicyclic) bond motifs is 1. The quantitative estimate of drug-likeness (QED) is 0.616. The van der Waals surface area contributed by atoms with Gasteiger partial charge in [0.1, 0.15) is 0 Å². The predicted octanol–water partition coefficient (Wildman–Crippen LogP) is 3.48. The van der Waals surface area contributed by atoms with Crippen LogP contribution in [-0.4, -0.2) is 30.6 Å². The van der Waals surface area contributed by atoms with Crippen molar-refractivity contribution in [1.82, 2.24) is 9.78 Å². The molecule has 6 heteroatoms. The standard InChI is InChI=1S/C18H29N3O2Si/c1-18(2,3)24(4,5)23-12-8-11-21-16-10-7-6-9-14(16)15(20-21)13-17(19)22/h6-7,9-10H,8,11-13H2,1-5H3,(H2,19,22). The maximum atomic E-state index is 11.2. The Morgan fingerprint density at radius 1 is 1.29 bits per heavy atom. The number of nitrogens with two attached hydrogens (primary N) is 1. The molecule has 0 saturated carbocycles. The van der Waals surface area contributed by atoms with Crippen molar-refractivity contribution in [2.75, 3.05) is 6.61 Å². The highest BCUT2D eigenvalue weighted by Crippen LogP contribution is 2.36. The molecule has 0 aliphatic heterocycles. The minimum atomic E-state index is -1.70. The number of carbonyl (C=O) groups is 1. The van der Waals surface area contributed by atoms with Crippen molar-refractivity contribution in [2.24, 2.45) is 5.73 Å². The van der Waals surface area contributed by atoms with Gasteiger partial charge >= 0.3 is 0 Å². The maximum Gasteiger partial charge on any atom is 0.223 e. The summed E-state index contributed by atoms with van der Waals surface area (Å²) in [4.78, 5) is 11.2. The lowest BCUT2D eigenvalue weighted by Gasteiger charge is -2.36. The molecule has 0 bridgehead atoms. The minimum absolute atomic E-state index is 0.175.